The van der Waals surface area contributed by atoms with Crippen LogP contribution in [-0.4, -0.2) is 113 Å². The monoisotopic (exact) mass is 921 g/mol. The highest BCUT2D eigenvalue weighted by molar-refractivity contribution is 8.00. The molecule has 61 heavy (non-hydrogen) atoms. The van der Waals surface area contributed by atoms with Gasteiger partial charge in [0.2, 0.25) is 0 Å². The Bertz CT molecular complexity index is 1530. The molecule has 3 rings (SSSR count). The predicted octanol–water partition coefficient (Wildman–Crippen LogP) is 8.91. The summed E-state index contributed by atoms with van der Waals surface area (Å²) in [4.78, 5) is 11.5. The van der Waals surface area contributed by atoms with E-state index in [0.717, 1.165) is 17.9 Å². The zero-order valence-corrected chi connectivity index (χ0v) is 34.1. The van der Waals surface area contributed by atoms with E-state index >= 15 is 17.6 Å². The minimum atomic E-state index is -7.99. The van der Waals surface area contributed by atoms with Gasteiger partial charge in [-0.15, -0.1) is 0 Å². The summed E-state index contributed by atoms with van der Waals surface area (Å²) in [6.45, 7) is 3.23. The summed E-state index contributed by atoms with van der Waals surface area (Å²) < 4.78 is 211. The highest BCUT2D eigenvalue weighted by Crippen LogP contribution is 2.63. The second-order valence-corrected chi connectivity index (χ2v) is 16.2. The number of aliphatic carboxylic acids is 1. The molecule has 1 aromatic rings. The van der Waals surface area contributed by atoms with Crippen LogP contribution >= 0.6 is 11.8 Å². The molecule has 0 bridgehead atoms. The Hall–Kier alpha value is -2.75. The van der Waals surface area contributed by atoms with Crippen molar-refractivity contribution >= 4 is 17.7 Å². The number of carboxylic acids is 1. The zero-order chi connectivity index (χ0) is 45.7. The van der Waals surface area contributed by atoms with E-state index in [1.165, 1.54) is 31.9 Å². The lowest BCUT2D eigenvalue weighted by Crippen LogP contribution is -2.71. The van der Waals surface area contributed by atoms with Crippen molar-refractivity contribution in [3.63, 3.8) is 0 Å². The molecule has 2 aliphatic rings. The van der Waals surface area contributed by atoms with E-state index in [4.69, 9.17) is 23.7 Å². The molecule has 7 unspecified atom stereocenters. The third-order valence-corrected chi connectivity index (χ3v) is 12.2. The molecule has 0 N–H and O–H groups in total. The summed E-state index contributed by atoms with van der Waals surface area (Å²) >= 11 is 1.17. The minimum Gasteiger partial charge on any atom is -0.549 e. The van der Waals surface area contributed by atoms with E-state index in [2.05, 4.69) is 0 Å². The topological polar surface area (TPSA) is 86.3 Å². The third-order valence-electron chi connectivity index (χ3n) is 10.8. The van der Waals surface area contributed by atoms with Gasteiger partial charge in [0, 0.05) is 24.0 Å². The summed E-state index contributed by atoms with van der Waals surface area (Å²) in [5, 5.41) is 11.2. The largest absolute Gasteiger partial charge is 0.549 e. The Kier molecular flexibility index (Phi) is 19.6. The summed E-state index contributed by atoms with van der Waals surface area (Å²) in [5.74, 6) is -45.6. The van der Waals surface area contributed by atoms with E-state index in [1.54, 1.807) is 6.08 Å². The van der Waals surface area contributed by atoms with Gasteiger partial charge in [0.1, 0.15) is 0 Å². The molecule has 2 saturated carbocycles. The Balaban J connectivity index is 1.88. The van der Waals surface area contributed by atoms with E-state index in [9.17, 15) is 49.4 Å². The Labute approximate surface area is 349 Å². The lowest BCUT2D eigenvalue weighted by molar-refractivity contribution is -0.443. The van der Waals surface area contributed by atoms with Crippen LogP contribution in [0.2, 0.25) is 0 Å². The number of methoxy groups -OCH3 is 1. The van der Waals surface area contributed by atoms with Gasteiger partial charge in [0.05, 0.1) is 65.1 Å². The Morgan fingerprint density at radius 3 is 1.90 bits per heavy atom. The van der Waals surface area contributed by atoms with Crippen molar-refractivity contribution in [2.45, 2.75) is 80.1 Å². The lowest BCUT2D eigenvalue weighted by atomic mass is 9.82. The number of halogens is 13. The predicted molar refractivity (Wildman–Crippen MR) is 196 cm³/mol. The minimum absolute atomic E-state index is 0.0746. The van der Waals surface area contributed by atoms with Gasteiger partial charge in [0.15, 0.2) is 0 Å². The lowest BCUT2D eigenvalue weighted by Gasteiger charge is -2.42. The first-order chi connectivity index (χ1) is 28.5. The van der Waals surface area contributed by atoms with Crippen molar-refractivity contribution in [2.24, 2.45) is 35.5 Å². The van der Waals surface area contributed by atoms with Crippen LogP contribution in [0.1, 0.15) is 38.2 Å². The molecule has 0 saturated heterocycles. The van der Waals surface area contributed by atoms with Gasteiger partial charge in [-0.1, -0.05) is 42.5 Å². The number of hydrogen-bond acceptors (Lipinski definition) is 8. The molecule has 2 aliphatic carbocycles. The van der Waals surface area contributed by atoms with Gasteiger partial charge in [-0.2, -0.15) is 68.8 Å². The van der Waals surface area contributed by atoms with Gasteiger partial charge in [0.25, 0.3) is 0 Å². The average molecular weight is 922 g/mol. The van der Waals surface area contributed by atoms with Crippen LogP contribution in [0.3, 0.4) is 0 Å². The van der Waals surface area contributed by atoms with Crippen LogP contribution in [-0.2, 0) is 34.9 Å². The first-order valence-corrected chi connectivity index (χ1v) is 20.5. The van der Waals surface area contributed by atoms with E-state index in [1.807, 2.05) is 30.3 Å². The normalized spacial score (nSPS) is 24.0. The number of hydrogen-bond donors (Lipinski definition) is 0. The number of thioether (sulfide) groups is 1. The van der Waals surface area contributed by atoms with E-state index in [-0.39, 0.29) is 55.9 Å². The molecule has 0 heterocycles. The quantitative estimate of drug-likeness (QED) is 0.0375. The third kappa shape index (κ3) is 13.2. The maximum atomic E-state index is 15.6. The van der Waals surface area contributed by atoms with Crippen LogP contribution in [0.5, 0.6) is 0 Å². The molecular formula is C40H50F13O7S-. The number of rotatable bonds is 27. The second-order valence-electron chi connectivity index (χ2n) is 14.9. The van der Waals surface area contributed by atoms with Crippen molar-refractivity contribution in [3.05, 3.63) is 60.4 Å². The molecule has 7 atom stereocenters. The molecule has 350 valence electrons. The number of carboxylic acid groups (broad SMARTS) is 1. The van der Waals surface area contributed by atoms with Crippen LogP contribution in [0, 0.1) is 35.5 Å². The maximum absolute atomic E-state index is 15.6. The van der Waals surface area contributed by atoms with E-state index in [0.29, 0.717) is 39.1 Å². The van der Waals surface area contributed by atoms with Crippen molar-refractivity contribution in [2.75, 3.05) is 65.7 Å². The second kappa shape index (κ2) is 22.7. The SMILES string of the molecule is CCO/C=C\C1CC(/C=C/C2CC(C(Cc3ccccc3)SCC(=O)[O-])CC2COCCOCCOCCOC)CC1C(F)(F)C(F)(F)C(F)(F)C(F)(F)C(F)(F)C(F)(F)F. The van der Waals surface area contributed by atoms with Crippen molar-refractivity contribution < 1.29 is 90.7 Å². The summed E-state index contributed by atoms with van der Waals surface area (Å²) in [6.07, 6.45) is -3.14. The van der Waals surface area contributed by atoms with Crippen LogP contribution in [0.15, 0.2) is 54.8 Å². The van der Waals surface area contributed by atoms with Crippen LogP contribution in [0.25, 0.3) is 0 Å². The maximum Gasteiger partial charge on any atom is 0.460 e. The first-order valence-electron chi connectivity index (χ1n) is 19.5. The summed E-state index contributed by atoms with van der Waals surface area (Å²) in [7, 11) is 1.53. The molecule has 0 radical (unpaired) electrons. The molecule has 0 amide bonds. The molecule has 0 aromatic heterocycles. The molecule has 21 heteroatoms. The standard InChI is InChI=1S/C40H51F13O7S/c1-3-57-12-11-29-19-27(20-32(29)35(41,42)36(43,44)37(45,46)38(47,48)39(49,50)40(51,52)53)9-10-28-22-30(33(61-25-34(54)55)21-26-7-5-4-6-8-26)23-31(28)24-60-18-17-59-16-15-58-14-13-56-2/h4-12,27-33H,3,13-25H2,1-2H3,(H,54,55)/p-1/b10-9+,12-11-. The number of ether oxygens (including phenoxy) is 5. The average Bonchev–Trinajstić information content (AvgIpc) is 3.80. The summed E-state index contributed by atoms with van der Waals surface area (Å²) in [5.41, 5.74) is 0.917. The number of allylic oxidation sites excluding steroid dienone is 3. The van der Waals surface area contributed by atoms with Gasteiger partial charge in [-0.05, 0) is 80.3 Å². The zero-order valence-electron chi connectivity index (χ0n) is 33.3. The van der Waals surface area contributed by atoms with Gasteiger partial charge >= 0.3 is 35.8 Å². The fourth-order valence-electron chi connectivity index (χ4n) is 7.60. The molecule has 0 spiro atoms. The fourth-order valence-corrected chi connectivity index (χ4v) is 8.75. The van der Waals surface area contributed by atoms with Crippen molar-refractivity contribution in [3.8, 4) is 0 Å². The molecule has 0 aliphatic heterocycles. The van der Waals surface area contributed by atoms with Crippen molar-refractivity contribution in [1.29, 1.82) is 0 Å². The fraction of sp³-hybridized carbons (Fsp3) is 0.725. The number of benzene rings is 1. The molecular weight excluding hydrogens is 871 g/mol. The number of alkyl halides is 13. The number of carbonyl (C=O) groups is 1. The first kappa shape index (κ1) is 52.6. The Morgan fingerprint density at radius 2 is 1.33 bits per heavy atom. The van der Waals surface area contributed by atoms with Gasteiger partial charge < -0.3 is 33.6 Å². The van der Waals surface area contributed by atoms with Gasteiger partial charge in [-0.25, -0.2) is 0 Å². The van der Waals surface area contributed by atoms with E-state index < -0.39 is 78.3 Å². The highest BCUT2D eigenvalue weighted by Gasteiger charge is 2.91. The molecule has 2 fully saturated rings. The molecule has 7 nitrogen and oxygen atoms in total. The Morgan fingerprint density at radius 1 is 0.738 bits per heavy atom. The van der Waals surface area contributed by atoms with Crippen LogP contribution < -0.4 is 5.11 Å². The number of carbonyl (C=O) groups excluding carboxylic acids is 1. The molecule has 1 aromatic carbocycles. The van der Waals surface area contributed by atoms with Gasteiger partial charge in [-0.3, -0.25) is 0 Å². The van der Waals surface area contributed by atoms with Crippen molar-refractivity contribution in [1.82, 2.24) is 0 Å². The smallest absolute Gasteiger partial charge is 0.460 e. The van der Waals surface area contributed by atoms with Crippen LogP contribution in [0.4, 0.5) is 57.1 Å². The summed E-state index contributed by atoms with van der Waals surface area (Å²) in [6, 6.07) is 9.18. The highest BCUT2D eigenvalue weighted by atomic mass is 32.2.